The summed E-state index contributed by atoms with van der Waals surface area (Å²) in [6, 6.07) is 16.5. The zero-order valence-corrected chi connectivity index (χ0v) is 26.0. The Morgan fingerprint density at radius 3 is 2.65 bits per heavy atom. The minimum absolute atomic E-state index is 0.0590. The molecule has 0 radical (unpaired) electrons. The molecule has 1 fully saturated rings. The molecule has 1 heterocycles. The first kappa shape index (κ1) is 32.7. The number of rotatable bonds is 17. The van der Waals surface area contributed by atoms with Crippen molar-refractivity contribution in [1.29, 1.82) is 0 Å². The first-order chi connectivity index (χ1) is 21.1. The van der Waals surface area contributed by atoms with Crippen LogP contribution in [0.3, 0.4) is 0 Å². The van der Waals surface area contributed by atoms with Gasteiger partial charge in [-0.1, -0.05) is 48.6 Å². The van der Waals surface area contributed by atoms with Crippen molar-refractivity contribution in [2.24, 2.45) is 5.92 Å². The number of methoxy groups -OCH3 is 2. The summed E-state index contributed by atoms with van der Waals surface area (Å²) >= 11 is 0. The van der Waals surface area contributed by atoms with Gasteiger partial charge in [-0.3, -0.25) is 4.79 Å². The molecule has 0 saturated carbocycles. The number of carbonyl (C=O) groups excluding carboxylic acids is 1. The highest BCUT2D eigenvalue weighted by Gasteiger charge is 2.27. The van der Waals surface area contributed by atoms with Crippen molar-refractivity contribution in [3.8, 4) is 11.5 Å². The Labute approximate surface area is 257 Å². The van der Waals surface area contributed by atoms with E-state index in [9.17, 15) is 4.79 Å². The molecule has 1 unspecified atom stereocenters. The number of allylic oxidation sites excluding steroid dienone is 2. The maximum Gasteiger partial charge on any atom is 0.225 e. The molecule has 1 saturated heterocycles. The van der Waals surface area contributed by atoms with Crippen molar-refractivity contribution in [3.63, 3.8) is 0 Å². The molecule has 1 amide bonds. The molecule has 8 heteroatoms. The summed E-state index contributed by atoms with van der Waals surface area (Å²) in [6.07, 6.45) is 9.34. The van der Waals surface area contributed by atoms with E-state index in [1.54, 1.807) is 14.2 Å². The van der Waals surface area contributed by atoms with Gasteiger partial charge in [0.25, 0.3) is 0 Å². The van der Waals surface area contributed by atoms with Crippen LogP contribution in [-0.2, 0) is 25.6 Å². The van der Waals surface area contributed by atoms with Gasteiger partial charge in [-0.2, -0.15) is 0 Å². The van der Waals surface area contributed by atoms with Gasteiger partial charge in [-0.25, -0.2) is 0 Å². The molecule has 0 aromatic heterocycles. The zero-order valence-electron chi connectivity index (χ0n) is 26.0. The molecule has 3 atom stereocenters. The molecule has 1 aliphatic carbocycles. The van der Waals surface area contributed by atoms with Crippen LogP contribution in [0.2, 0.25) is 0 Å². The SMILES string of the molecule is COCCC(=O)N(C)C1C=CC=C(COC[C@@H]2CNCC[C@@H]2c2ccc(OCCCOCc3ccccc3OC)cc2)C1. The molecule has 2 aliphatic rings. The second-order valence-electron chi connectivity index (χ2n) is 11.2. The van der Waals surface area contributed by atoms with Gasteiger partial charge in [0.15, 0.2) is 0 Å². The summed E-state index contributed by atoms with van der Waals surface area (Å²) in [5, 5.41) is 3.54. The molecule has 234 valence electrons. The van der Waals surface area contributed by atoms with Gasteiger partial charge in [0, 0.05) is 38.6 Å². The van der Waals surface area contributed by atoms with Crippen molar-refractivity contribution in [2.45, 2.75) is 44.2 Å². The van der Waals surface area contributed by atoms with Gasteiger partial charge >= 0.3 is 0 Å². The van der Waals surface area contributed by atoms with E-state index in [0.717, 1.165) is 49.4 Å². The fraction of sp³-hybridized carbons (Fsp3) is 0.514. The highest BCUT2D eigenvalue weighted by atomic mass is 16.5. The number of piperidine rings is 1. The molecule has 2 aromatic carbocycles. The first-order valence-corrected chi connectivity index (χ1v) is 15.4. The standard InChI is InChI=1S/C35H48N2O6/c1-37(35(38)17-21-39-2)31-10-6-8-27(22-31)24-42-26-30-23-36-18-16-33(30)28-12-14-32(15-13-28)43-20-7-19-41-25-29-9-4-5-11-34(29)40-3/h4-6,8-15,30-31,33,36H,7,16-26H2,1-3H3/t30-,31?,33+/m0/s1. The summed E-state index contributed by atoms with van der Waals surface area (Å²) in [6.45, 7) is 5.44. The lowest BCUT2D eigenvalue weighted by molar-refractivity contribution is -0.132. The summed E-state index contributed by atoms with van der Waals surface area (Å²) in [5.41, 5.74) is 3.60. The predicted molar refractivity (Wildman–Crippen MR) is 169 cm³/mol. The van der Waals surface area contributed by atoms with Crippen molar-refractivity contribution in [2.75, 3.05) is 67.4 Å². The topological polar surface area (TPSA) is 78.5 Å². The third-order valence-corrected chi connectivity index (χ3v) is 8.23. The molecule has 0 bridgehead atoms. The Kier molecular flexibility index (Phi) is 13.6. The second kappa shape index (κ2) is 17.8. The number of nitrogens with zero attached hydrogens (tertiary/aromatic N) is 1. The van der Waals surface area contributed by atoms with Gasteiger partial charge in [-0.05, 0) is 54.6 Å². The number of amides is 1. The third-order valence-electron chi connectivity index (χ3n) is 8.23. The number of ether oxygens (including phenoxy) is 5. The van der Waals surface area contributed by atoms with Crippen LogP contribution in [-0.4, -0.2) is 84.2 Å². The van der Waals surface area contributed by atoms with Crippen LogP contribution in [0, 0.1) is 5.92 Å². The molecule has 8 nitrogen and oxygen atoms in total. The summed E-state index contributed by atoms with van der Waals surface area (Å²) < 4.78 is 28.5. The van der Waals surface area contributed by atoms with E-state index >= 15 is 0 Å². The lowest BCUT2D eigenvalue weighted by Crippen LogP contribution is -2.38. The Hall–Kier alpha value is -3.17. The van der Waals surface area contributed by atoms with Crippen molar-refractivity contribution in [1.82, 2.24) is 10.2 Å². The van der Waals surface area contributed by atoms with Crippen LogP contribution in [0.5, 0.6) is 11.5 Å². The highest BCUT2D eigenvalue weighted by Crippen LogP contribution is 2.32. The lowest BCUT2D eigenvalue weighted by Gasteiger charge is -2.33. The van der Waals surface area contributed by atoms with E-state index in [4.69, 9.17) is 23.7 Å². The van der Waals surface area contributed by atoms with Crippen LogP contribution in [0.15, 0.2) is 72.3 Å². The molecular weight excluding hydrogens is 544 g/mol. The van der Waals surface area contributed by atoms with Crippen LogP contribution in [0.25, 0.3) is 0 Å². The number of likely N-dealkylation sites (N-methyl/N-ethyl adjacent to an activating group) is 1. The van der Waals surface area contributed by atoms with Crippen LogP contribution < -0.4 is 14.8 Å². The average molecular weight is 593 g/mol. The molecule has 1 aliphatic heterocycles. The van der Waals surface area contributed by atoms with E-state index in [-0.39, 0.29) is 11.9 Å². The maximum atomic E-state index is 12.4. The third kappa shape index (κ3) is 10.2. The van der Waals surface area contributed by atoms with Gasteiger partial charge in [0.1, 0.15) is 11.5 Å². The molecular formula is C35H48N2O6. The molecule has 1 N–H and O–H groups in total. The maximum absolute atomic E-state index is 12.4. The second-order valence-corrected chi connectivity index (χ2v) is 11.2. The van der Waals surface area contributed by atoms with Crippen molar-refractivity contribution < 1.29 is 28.5 Å². The molecule has 4 rings (SSSR count). The van der Waals surface area contributed by atoms with E-state index in [1.165, 1.54) is 11.1 Å². The van der Waals surface area contributed by atoms with Crippen LogP contribution >= 0.6 is 0 Å². The number of benzene rings is 2. The van der Waals surface area contributed by atoms with E-state index < -0.39 is 0 Å². The Morgan fingerprint density at radius 1 is 1.00 bits per heavy atom. The lowest BCUT2D eigenvalue weighted by atomic mass is 9.81. The van der Waals surface area contributed by atoms with Gasteiger partial charge in [0.2, 0.25) is 5.91 Å². The Morgan fingerprint density at radius 2 is 1.84 bits per heavy atom. The predicted octanol–water partition coefficient (Wildman–Crippen LogP) is 5.14. The van der Waals surface area contributed by atoms with E-state index in [0.29, 0.717) is 57.9 Å². The number of hydrogen-bond donors (Lipinski definition) is 1. The fourth-order valence-electron chi connectivity index (χ4n) is 5.69. The highest BCUT2D eigenvalue weighted by molar-refractivity contribution is 5.76. The smallest absolute Gasteiger partial charge is 0.225 e. The van der Waals surface area contributed by atoms with Crippen molar-refractivity contribution >= 4 is 5.91 Å². The van der Waals surface area contributed by atoms with Gasteiger partial charge in [0.05, 0.1) is 59.2 Å². The summed E-state index contributed by atoms with van der Waals surface area (Å²) in [7, 11) is 5.16. The molecule has 43 heavy (non-hydrogen) atoms. The van der Waals surface area contributed by atoms with E-state index in [1.807, 2.05) is 42.3 Å². The Bertz CT molecular complexity index is 1180. The molecule has 0 spiro atoms. The summed E-state index contributed by atoms with van der Waals surface area (Å²) in [5.74, 6) is 2.67. The average Bonchev–Trinajstić information content (AvgIpc) is 3.05. The van der Waals surface area contributed by atoms with Gasteiger partial charge < -0.3 is 33.9 Å². The Balaban J connectivity index is 1.17. The van der Waals surface area contributed by atoms with Crippen LogP contribution in [0.1, 0.15) is 42.7 Å². The summed E-state index contributed by atoms with van der Waals surface area (Å²) in [4.78, 5) is 14.2. The number of carbonyl (C=O) groups is 1. The van der Waals surface area contributed by atoms with Crippen LogP contribution in [0.4, 0.5) is 0 Å². The molecule has 2 aromatic rings. The normalized spacial score (nSPS) is 20.0. The number of hydrogen-bond acceptors (Lipinski definition) is 7. The first-order valence-electron chi connectivity index (χ1n) is 15.4. The quantitative estimate of drug-likeness (QED) is 0.255. The largest absolute Gasteiger partial charge is 0.496 e. The monoisotopic (exact) mass is 592 g/mol. The number of para-hydroxylation sites is 1. The minimum Gasteiger partial charge on any atom is -0.496 e. The van der Waals surface area contributed by atoms with Crippen molar-refractivity contribution in [3.05, 3.63) is 83.5 Å². The van der Waals surface area contributed by atoms with E-state index in [2.05, 4.69) is 41.7 Å². The number of nitrogens with one attached hydrogen (secondary N) is 1. The van der Waals surface area contributed by atoms with Gasteiger partial charge in [-0.15, -0.1) is 0 Å². The zero-order chi connectivity index (χ0) is 30.3. The fourth-order valence-corrected chi connectivity index (χ4v) is 5.69. The minimum atomic E-state index is 0.0590.